The summed E-state index contributed by atoms with van der Waals surface area (Å²) in [5.74, 6) is 0. The second-order valence-electron chi connectivity index (χ2n) is 11.0. The van der Waals surface area contributed by atoms with E-state index in [1.807, 2.05) is 0 Å². The van der Waals surface area contributed by atoms with Gasteiger partial charge in [-0.25, -0.2) is 4.31 Å². The van der Waals surface area contributed by atoms with Gasteiger partial charge in [-0.2, -0.15) is 0 Å². The summed E-state index contributed by atoms with van der Waals surface area (Å²) >= 11 is 5.18. The average molecular weight is 628 g/mol. The van der Waals surface area contributed by atoms with Gasteiger partial charge in [-0.1, -0.05) is 47.8 Å². The Kier molecular flexibility index (Phi) is 9.40. The SMILES string of the molecule is CSN1Cc2ccc(NSc3ccc(SN4CCOCC4)cc3)cc2-c2c(C)c(-c3ccc(C)cc3)c(CC=O)c(C)c21. The molecule has 0 amide bonds. The number of morpholine rings is 1. The van der Waals surface area contributed by atoms with Crippen molar-refractivity contribution in [3.8, 4) is 22.3 Å². The van der Waals surface area contributed by atoms with Crippen molar-refractivity contribution in [2.45, 2.75) is 43.5 Å². The molecule has 0 spiro atoms. The van der Waals surface area contributed by atoms with E-state index in [1.165, 1.54) is 54.4 Å². The van der Waals surface area contributed by atoms with Gasteiger partial charge in [-0.3, -0.25) is 0 Å². The molecule has 1 N–H and O–H groups in total. The molecule has 0 aromatic heterocycles. The molecule has 0 aliphatic carbocycles. The molecule has 2 aliphatic rings. The smallest absolute Gasteiger partial charge is 0.124 e. The van der Waals surface area contributed by atoms with E-state index in [2.05, 4.69) is 107 Å². The first-order chi connectivity index (χ1) is 21.0. The summed E-state index contributed by atoms with van der Waals surface area (Å²) < 4.78 is 13.8. The minimum absolute atomic E-state index is 0.403. The van der Waals surface area contributed by atoms with Crippen molar-refractivity contribution in [2.75, 3.05) is 41.6 Å². The Bertz CT molecular complexity index is 1620. The zero-order valence-electron chi connectivity index (χ0n) is 25.1. The van der Waals surface area contributed by atoms with Crippen LogP contribution in [-0.4, -0.2) is 43.2 Å². The Morgan fingerprint density at radius 1 is 0.884 bits per heavy atom. The number of hydrogen-bond acceptors (Lipinski definition) is 8. The molecule has 0 atom stereocenters. The second-order valence-corrected chi connectivity index (χ2v) is 13.8. The highest BCUT2D eigenvalue weighted by Gasteiger charge is 2.30. The molecule has 1 saturated heterocycles. The fourth-order valence-electron chi connectivity index (χ4n) is 6.01. The quantitative estimate of drug-likeness (QED) is 0.146. The number of nitrogens with one attached hydrogen (secondary N) is 1. The zero-order chi connectivity index (χ0) is 29.9. The zero-order valence-corrected chi connectivity index (χ0v) is 27.6. The summed E-state index contributed by atoms with van der Waals surface area (Å²) in [4.78, 5) is 14.3. The van der Waals surface area contributed by atoms with Gasteiger partial charge in [0.2, 0.25) is 0 Å². The van der Waals surface area contributed by atoms with E-state index in [9.17, 15) is 4.79 Å². The van der Waals surface area contributed by atoms with E-state index >= 15 is 0 Å². The topological polar surface area (TPSA) is 44.8 Å². The van der Waals surface area contributed by atoms with E-state index in [4.69, 9.17) is 4.74 Å². The van der Waals surface area contributed by atoms with Crippen molar-refractivity contribution in [1.82, 2.24) is 4.31 Å². The molecule has 222 valence electrons. The highest BCUT2D eigenvalue weighted by atomic mass is 32.2. The molecular weight excluding hydrogens is 591 g/mol. The standard InChI is InChI=1S/C35H37N3O2S3/c1-23-5-7-26(8-6-23)33-25(3)34-32-21-28(10-9-27(32)22-38(41-4)35(34)24(2)31(33)15-18-39)36-42-29-11-13-30(14-12-29)43-37-16-19-40-20-17-37/h5-14,18,21,36H,15-17,19-20,22H2,1-4H3. The Morgan fingerprint density at radius 3 is 2.30 bits per heavy atom. The second kappa shape index (κ2) is 13.4. The molecule has 43 heavy (non-hydrogen) atoms. The molecule has 6 rings (SSSR count). The van der Waals surface area contributed by atoms with Crippen molar-refractivity contribution in [3.05, 3.63) is 94.5 Å². The highest BCUT2D eigenvalue weighted by molar-refractivity contribution is 8.00. The van der Waals surface area contributed by atoms with E-state index < -0.39 is 0 Å². The number of nitrogens with zero attached hydrogens (tertiary/aromatic N) is 2. The van der Waals surface area contributed by atoms with Crippen LogP contribution in [0.5, 0.6) is 0 Å². The summed E-state index contributed by atoms with van der Waals surface area (Å²) in [6.07, 6.45) is 3.58. The van der Waals surface area contributed by atoms with Gasteiger partial charge in [0.15, 0.2) is 0 Å². The predicted molar refractivity (Wildman–Crippen MR) is 185 cm³/mol. The molecule has 0 bridgehead atoms. The third-order valence-electron chi connectivity index (χ3n) is 8.20. The fourth-order valence-corrected chi connectivity index (χ4v) is 8.21. The molecule has 4 aromatic rings. The normalized spacial score (nSPS) is 14.7. The van der Waals surface area contributed by atoms with Gasteiger partial charge < -0.3 is 18.6 Å². The lowest BCUT2D eigenvalue weighted by atomic mass is 9.81. The first kappa shape index (κ1) is 30.2. The number of fused-ring (bicyclic) bond motifs is 3. The summed E-state index contributed by atoms with van der Waals surface area (Å²) in [5.41, 5.74) is 13.2. The van der Waals surface area contributed by atoms with E-state index in [-0.39, 0.29) is 0 Å². The van der Waals surface area contributed by atoms with Crippen LogP contribution in [0, 0.1) is 20.8 Å². The molecule has 2 aliphatic heterocycles. The lowest BCUT2D eigenvalue weighted by Gasteiger charge is -2.36. The maximum absolute atomic E-state index is 11.9. The molecule has 5 nitrogen and oxygen atoms in total. The van der Waals surface area contributed by atoms with Gasteiger partial charge in [-0.15, -0.1) is 0 Å². The third-order valence-corrected chi connectivity index (χ3v) is 10.9. The van der Waals surface area contributed by atoms with Crippen molar-refractivity contribution in [2.24, 2.45) is 0 Å². The van der Waals surface area contributed by atoms with Gasteiger partial charge in [0.25, 0.3) is 0 Å². The monoisotopic (exact) mass is 627 g/mol. The Labute approximate surface area is 268 Å². The molecule has 1 fully saturated rings. The number of hydrogen-bond donors (Lipinski definition) is 1. The average Bonchev–Trinajstić information content (AvgIpc) is 3.03. The molecule has 8 heteroatoms. The summed E-state index contributed by atoms with van der Waals surface area (Å²) in [7, 11) is 0. The first-order valence-corrected chi connectivity index (χ1v) is 17.4. The minimum atomic E-state index is 0.403. The predicted octanol–water partition coefficient (Wildman–Crippen LogP) is 8.74. The van der Waals surface area contributed by atoms with Crippen molar-refractivity contribution in [3.63, 3.8) is 0 Å². The van der Waals surface area contributed by atoms with Gasteiger partial charge in [0, 0.05) is 46.8 Å². The number of aryl methyl sites for hydroxylation is 1. The van der Waals surface area contributed by atoms with Crippen molar-refractivity contribution >= 4 is 53.5 Å². The van der Waals surface area contributed by atoms with Gasteiger partial charge in [0.05, 0.1) is 25.4 Å². The van der Waals surface area contributed by atoms with Gasteiger partial charge in [0.1, 0.15) is 6.29 Å². The maximum Gasteiger partial charge on any atom is 0.124 e. The Hall–Kier alpha value is -2.88. The van der Waals surface area contributed by atoms with Crippen LogP contribution in [-0.2, 0) is 22.5 Å². The van der Waals surface area contributed by atoms with Gasteiger partial charge in [-0.05, 0) is 120 Å². The van der Waals surface area contributed by atoms with Crippen LogP contribution < -0.4 is 9.03 Å². The molecule has 0 unspecified atom stereocenters. The van der Waals surface area contributed by atoms with E-state index in [0.717, 1.165) is 55.9 Å². The number of carbonyl (C=O) groups excluding carboxylic acids is 1. The summed E-state index contributed by atoms with van der Waals surface area (Å²) in [5, 5.41) is 0. The van der Waals surface area contributed by atoms with Crippen LogP contribution in [0.4, 0.5) is 11.4 Å². The lowest BCUT2D eigenvalue weighted by molar-refractivity contribution is -0.107. The number of anilines is 2. The van der Waals surface area contributed by atoms with Crippen molar-refractivity contribution < 1.29 is 9.53 Å². The summed E-state index contributed by atoms with van der Waals surface area (Å²) in [6.45, 7) is 10.9. The Morgan fingerprint density at radius 2 is 1.60 bits per heavy atom. The largest absolute Gasteiger partial charge is 0.379 e. The molecule has 4 aromatic carbocycles. The molecule has 0 radical (unpaired) electrons. The van der Waals surface area contributed by atoms with Crippen LogP contribution >= 0.6 is 35.8 Å². The number of ether oxygens (including phenoxy) is 1. The van der Waals surface area contributed by atoms with Crippen LogP contribution in [0.2, 0.25) is 0 Å². The molecule has 2 heterocycles. The Balaban J connectivity index is 1.32. The first-order valence-electron chi connectivity index (χ1n) is 14.6. The van der Waals surface area contributed by atoms with Crippen LogP contribution in [0.25, 0.3) is 22.3 Å². The van der Waals surface area contributed by atoms with Crippen LogP contribution in [0.15, 0.2) is 76.5 Å². The number of aldehydes is 1. The van der Waals surface area contributed by atoms with Gasteiger partial charge >= 0.3 is 0 Å². The summed E-state index contributed by atoms with van der Waals surface area (Å²) in [6, 6.07) is 24.2. The molecule has 0 saturated carbocycles. The highest BCUT2D eigenvalue weighted by Crippen LogP contribution is 2.50. The van der Waals surface area contributed by atoms with Crippen LogP contribution in [0.3, 0.4) is 0 Å². The van der Waals surface area contributed by atoms with Crippen LogP contribution in [0.1, 0.15) is 27.8 Å². The van der Waals surface area contributed by atoms with E-state index in [1.54, 1.807) is 35.8 Å². The number of benzene rings is 4. The number of carbonyl (C=O) groups is 1. The van der Waals surface area contributed by atoms with Crippen molar-refractivity contribution in [1.29, 1.82) is 0 Å². The molecular formula is C35H37N3O2S3. The third kappa shape index (κ3) is 6.35. The number of rotatable bonds is 9. The van der Waals surface area contributed by atoms with E-state index in [0.29, 0.717) is 6.42 Å². The maximum atomic E-state index is 11.9. The lowest BCUT2D eigenvalue weighted by Crippen LogP contribution is -2.30. The minimum Gasteiger partial charge on any atom is -0.379 e. The fraction of sp³-hybridized carbons (Fsp3) is 0.286.